The molecule has 1 heterocycles. The molecule has 16 heavy (non-hydrogen) atoms. The lowest BCUT2D eigenvalue weighted by atomic mass is 10.0. The molecule has 90 valence electrons. The monoisotopic (exact) mass is 221 g/mol. The van der Waals surface area contributed by atoms with E-state index in [1.165, 1.54) is 11.3 Å². The smallest absolute Gasteiger partial charge is 0.0953 e. The van der Waals surface area contributed by atoms with Crippen LogP contribution in [0.1, 0.15) is 39.4 Å². The summed E-state index contributed by atoms with van der Waals surface area (Å²) in [5, 5.41) is 3.21. The molecule has 0 fully saturated rings. The zero-order valence-electron chi connectivity index (χ0n) is 11.0. The minimum Gasteiger partial charge on any atom is -0.329 e. The van der Waals surface area contributed by atoms with Crippen molar-refractivity contribution in [1.82, 2.24) is 14.9 Å². The Balaban J connectivity index is 2.98. The minimum absolute atomic E-state index is 0.455. The normalized spacial score (nSPS) is 12.8. The van der Waals surface area contributed by atoms with Gasteiger partial charge in [0.25, 0.3) is 0 Å². The Morgan fingerprint density at radius 2 is 2.12 bits per heavy atom. The molecule has 0 atom stereocenters. The topological polar surface area (TPSA) is 29.9 Å². The molecule has 0 aliphatic heterocycles. The van der Waals surface area contributed by atoms with Crippen LogP contribution in [0.15, 0.2) is 18.1 Å². The van der Waals surface area contributed by atoms with Crippen molar-refractivity contribution >= 4 is 6.08 Å². The van der Waals surface area contributed by atoms with Crippen LogP contribution in [0.5, 0.6) is 0 Å². The van der Waals surface area contributed by atoms with Gasteiger partial charge >= 0.3 is 0 Å². The highest BCUT2D eigenvalue weighted by molar-refractivity contribution is 5.49. The molecule has 0 bridgehead atoms. The maximum absolute atomic E-state index is 4.21. The van der Waals surface area contributed by atoms with E-state index in [0.717, 1.165) is 6.54 Å². The first-order valence-corrected chi connectivity index (χ1v) is 5.93. The lowest BCUT2D eigenvalue weighted by Crippen LogP contribution is -2.14. The SMILES string of the molecule is CNCC(=Cc1cncn1C(C)C)C(C)C. The van der Waals surface area contributed by atoms with Gasteiger partial charge in [-0.2, -0.15) is 0 Å². The van der Waals surface area contributed by atoms with E-state index in [1.807, 2.05) is 19.6 Å². The van der Waals surface area contributed by atoms with Gasteiger partial charge in [0.1, 0.15) is 0 Å². The third-order valence-electron chi connectivity index (χ3n) is 2.71. The number of nitrogens with one attached hydrogen (secondary N) is 1. The molecule has 0 radical (unpaired) electrons. The van der Waals surface area contributed by atoms with Crippen LogP contribution in [-0.4, -0.2) is 23.1 Å². The van der Waals surface area contributed by atoms with E-state index >= 15 is 0 Å². The number of hydrogen-bond donors (Lipinski definition) is 1. The molecule has 0 spiro atoms. The summed E-state index contributed by atoms with van der Waals surface area (Å²) >= 11 is 0. The first-order chi connectivity index (χ1) is 7.56. The third kappa shape index (κ3) is 3.20. The van der Waals surface area contributed by atoms with Crippen LogP contribution < -0.4 is 5.32 Å². The van der Waals surface area contributed by atoms with Gasteiger partial charge in [0.05, 0.1) is 18.2 Å². The van der Waals surface area contributed by atoms with Crippen molar-refractivity contribution in [3.63, 3.8) is 0 Å². The molecular weight excluding hydrogens is 198 g/mol. The number of imidazole rings is 1. The Kier molecular flexibility index (Phi) is 4.74. The standard InChI is InChI=1S/C13H23N3/c1-10(2)12(7-14-5)6-13-8-15-9-16(13)11(3)4/h6,8-11,14H,7H2,1-5H3. The highest BCUT2D eigenvalue weighted by Crippen LogP contribution is 2.16. The number of likely N-dealkylation sites (N-methyl/N-ethyl adjacent to an activating group) is 1. The van der Waals surface area contributed by atoms with Crippen molar-refractivity contribution in [2.45, 2.75) is 33.7 Å². The highest BCUT2D eigenvalue weighted by Gasteiger charge is 2.06. The van der Waals surface area contributed by atoms with Crippen molar-refractivity contribution in [1.29, 1.82) is 0 Å². The van der Waals surface area contributed by atoms with E-state index < -0.39 is 0 Å². The van der Waals surface area contributed by atoms with Gasteiger partial charge in [0, 0.05) is 12.6 Å². The molecule has 0 saturated heterocycles. The molecule has 1 rings (SSSR count). The molecule has 0 amide bonds. The Morgan fingerprint density at radius 3 is 2.62 bits per heavy atom. The number of hydrogen-bond acceptors (Lipinski definition) is 2. The van der Waals surface area contributed by atoms with Crippen molar-refractivity contribution in [3.05, 3.63) is 23.8 Å². The fourth-order valence-corrected chi connectivity index (χ4v) is 1.67. The number of aromatic nitrogens is 2. The van der Waals surface area contributed by atoms with Gasteiger partial charge in [0.2, 0.25) is 0 Å². The summed E-state index contributed by atoms with van der Waals surface area (Å²) in [6.07, 6.45) is 6.07. The summed E-state index contributed by atoms with van der Waals surface area (Å²) in [6, 6.07) is 0.455. The molecule has 1 N–H and O–H groups in total. The van der Waals surface area contributed by atoms with Crippen LogP contribution in [0.4, 0.5) is 0 Å². The highest BCUT2D eigenvalue weighted by atomic mass is 15.1. The molecule has 1 aromatic rings. The van der Waals surface area contributed by atoms with E-state index in [0.29, 0.717) is 12.0 Å². The van der Waals surface area contributed by atoms with E-state index in [1.54, 1.807) is 0 Å². The summed E-state index contributed by atoms with van der Waals surface area (Å²) in [6.45, 7) is 9.72. The third-order valence-corrected chi connectivity index (χ3v) is 2.71. The quantitative estimate of drug-likeness (QED) is 0.828. The second kappa shape index (κ2) is 5.85. The fraction of sp³-hybridized carbons (Fsp3) is 0.615. The Labute approximate surface area is 98.6 Å². The minimum atomic E-state index is 0.455. The van der Waals surface area contributed by atoms with Crippen LogP contribution in [0.3, 0.4) is 0 Å². The predicted molar refractivity (Wildman–Crippen MR) is 69.4 cm³/mol. The summed E-state index contributed by atoms with van der Waals surface area (Å²) in [5.74, 6) is 0.558. The lowest BCUT2D eigenvalue weighted by molar-refractivity contribution is 0.594. The van der Waals surface area contributed by atoms with Gasteiger partial charge in [-0.3, -0.25) is 0 Å². The molecule has 0 aromatic carbocycles. The van der Waals surface area contributed by atoms with Crippen LogP contribution in [0.2, 0.25) is 0 Å². The second-order valence-electron chi connectivity index (χ2n) is 4.72. The summed E-state index contributed by atoms with van der Waals surface area (Å²) < 4.78 is 2.19. The average molecular weight is 221 g/mol. The van der Waals surface area contributed by atoms with Gasteiger partial charge in [-0.1, -0.05) is 19.4 Å². The molecule has 0 unspecified atom stereocenters. The second-order valence-corrected chi connectivity index (χ2v) is 4.72. The van der Waals surface area contributed by atoms with Crippen molar-refractivity contribution < 1.29 is 0 Å². The van der Waals surface area contributed by atoms with Gasteiger partial charge in [-0.15, -0.1) is 0 Å². The van der Waals surface area contributed by atoms with Crippen LogP contribution in [0, 0.1) is 5.92 Å². The fourth-order valence-electron chi connectivity index (χ4n) is 1.67. The molecule has 0 aliphatic rings. The molecule has 3 heteroatoms. The summed E-state index contributed by atoms with van der Waals surface area (Å²) in [7, 11) is 1.98. The largest absolute Gasteiger partial charge is 0.329 e. The summed E-state index contributed by atoms with van der Waals surface area (Å²) in [4.78, 5) is 4.21. The van der Waals surface area contributed by atoms with Crippen LogP contribution in [0.25, 0.3) is 6.08 Å². The lowest BCUT2D eigenvalue weighted by Gasteiger charge is -2.13. The first-order valence-electron chi connectivity index (χ1n) is 5.93. The zero-order valence-corrected chi connectivity index (χ0v) is 11.0. The van der Waals surface area contributed by atoms with Crippen molar-refractivity contribution in [3.8, 4) is 0 Å². The molecule has 3 nitrogen and oxygen atoms in total. The van der Waals surface area contributed by atoms with Gasteiger partial charge in [-0.05, 0) is 32.9 Å². The maximum Gasteiger partial charge on any atom is 0.0953 e. The first kappa shape index (κ1) is 13.0. The Morgan fingerprint density at radius 1 is 1.44 bits per heavy atom. The summed E-state index contributed by atoms with van der Waals surface area (Å²) in [5.41, 5.74) is 2.60. The van der Waals surface area contributed by atoms with E-state index in [9.17, 15) is 0 Å². The molecule has 0 saturated carbocycles. The van der Waals surface area contributed by atoms with Gasteiger partial charge in [-0.25, -0.2) is 4.98 Å². The van der Waals surface area contributed by atoms with Gasteiger partial charge in [0.15, 0.2) is 0 Å². The Hall–Kier alpha value is -1.09. The maximum atomic E-state index is 4.21. The zero-order chi connectivity index (χ0) is 12.1. The van der Waals surface area contributed by atoms with E-state index in [4.69, 9.17) is 0 Å². The van der Waals surface area contributed by atoms with Crippen molar-refractivity contribution in [2.24, 2.45) is 5.92 Å². The van der Waals surface area contributed by atoms with Crippen molar-refractivity contribution in [2.75, 3.05) is 13.6 Å². The van der Waals surface area contributed by atoms with Crippen LogP contribution in [-0.2, 0) is 0 Å². The molecule has 1 aromatic heterocycles. The van der Waals surface area contributed by atoms with Gasteiger partial charge < -0.3 is 9.88 Å². The molecular formula is C13H23N3. The average Bonchev–Trinajstić information content (AvgIpc) is 2.65. The number of nitrogens with zero attached hydrogens (tertiary/aromatic N) is 2. The van der Waals surface area contributed by atoms with Crippen LogP contribution >= 0.6 is 0 Å². The Bertz CT molecular complexity index is 348. The van der Waals surface area contributed by atoms with E-state index in [2.05, 4.69) is 48.6 Å². The number of rotatable bonds is 5. The van der Waals surface area contributed by atoms with E-state index in [-0.39, 0.29) is 0 Å². The predicted octanol–water partition coefficient (Wildman–Crippen LogP) is 2.72. The molecule has 0 aliphatic carbocycles.